The number of nitrogens with zero attached hydrogens (tertiary/aromatic N) is 1. The van der Waals surface area contributed by atoms with Gasteiger partial charge in [-0.15, -0.1) is 12.4 Å². The molecule has 1 aliphatic rings. The van der Waals surface area contributed by atoms with E-state index in [1.54, 1.807) is 58.9 Å². The van der Waals surface area contributed by atoms with Gasteiger partial charge in [-0.05, 0) is 64.4 Å². The molecule has 11 heteroatoms. The summed E-state index contributed by atoms with van der Waals surface area (Å²) in [7, 11) is 0. The fraction of sp³-hybridized carbons (Fsp3) is 0.444. The molecular formula is C27H35ClFN3O6. The number of halogens is 2. The Bertz CT molecular complexity index is 1200. The van der Waals surface area contributed by atoms with E-state index < -0.39 is 17.3 Å². The van der Waals surface area contributed by atoms with E-state index in [0.717, 1.165) is 0 Å². The predicted molar refractivity (Wildman–Crippen MR) is 143 cm³/mol. The van der Waals surface area contributed by atoms with Gasteiger partial charge in [0.2, 0.25) is 0 Å². The highest BCUT2D eigenvalue weighted by atomic mass is 35.5. The monoisotopic (exact) mass is 551 g/mol. The van der Waals surface area contributed by atoms with Gasteiger partial charge < -0.3 is 29.6 Å². The minimum atomic E-state index is -0.870. The van der Waals surface area contributed by atoms with Gasteiger partial charge in [0, 0.05) is 23.2 Å². The lowest BCUT2D eigenvalue weighted by Crippen LogP contribution is -2.32. The Hall–Kier alpha value is -3.37. The zero-order valence-corrected chi connectivity index (χ0v) is 23.1. The lowest BCUT2D eigenvalue weighted by molar-refractivity contribution is -0.145. The summed E-state index contributed by atoms with van der Waals surface area (Å²) in [5, 5.41) is 8.54. The van der Waals surface area contributed by atoms with Gasteiger partial charge >= 0.3 is 5.97 Å². The molecule has 0 saturated heterocycles. The van der Waals surface area contributed by atoms with E-state index in [-0.39, 0.29) is 74.0 Å². The third-order valence-electron chi connectivity index (χ3n) is 5.75. The SMILES string of the molecule is CCOC(=O)COc1ccc(C(=O)CN2Cc3cc(OCC)c(OCC)c(F)c3C2=N)cc1C(C)(C)N.Cl. The Morgan fingerprint density at radius 3 is 2.34 bits per heavy atom. The second kappa shape index (κ2) is 12.9. The maximum atomic E-state index is 15.3. The van der Waals surface area contributed by atoms with Crippen molar-refractivity contribution in [1.29, 1.82) is 5.41 Å². The van der Waals surface area contributed by atoms with Crippen LogP contribution in [0.4, 0.5) is 4.39 Å². The largest absolute Gasteiger partial charge is 0.490 e. The molecule has 0 aromatic heterocycles. The number of fused-ring (bicyclic) bond motifs is 1. The molecule has 0 fully saturated rings. The number of nitrogens with two attached hydrogens (primary N) is 1. The first-order valence-electron chi connectivity index (χ1n) is 12.2. The smallest absolute Gasteiger partial charge is 0.344 e. The summed E-state index contributed by atoms with van der Waals surface area (Å²) in [5.74, 6) is -0.952. The Balaban J connectivity index is 0.00000507. The van der Waals surface area contributed by atoms with Crippen molar-refractivity contribution in [2.24, 2.45) is 5.73 Å². The average Bonchev–Trinajstić information content (AvgIpc) is 3.14. The van der Waals surface area contributed by atoms with Gasteiger partial charge in [0.25, 0.3) is 0 Å². The number of Topliss-reactive ketones (excluding diaryl/α,β-unsaturated/α-hetero) is 1. The van der Waals surface area contributed by atoms with Gasteiger partial charge in [-0.1, -0.05) is 0 Å². The molecule has 0 unspecified atom stereocenters. The van der Waals surface area contributed by atoms with Gasteiger partial charge in [-0.3, -0.25) is 10.2 Å². The number of esters is 1. The molecule has 1 heterocycles. The number of hydrogen-bond donors (Lipinski definition) is 2. The first-order chi connectivity index (χ1) is 17.5. The lowest BCUT2D eigenvalue weighted by Gasteiger charge is -2.24. The standard InChI is InChI=1S/C27H34FN3O6.ClH/c1-6-34-21-12-17-13-31(26(29)23(17)24(28)25(21)36-8-3)14-19(32)16-9-10-20(18(11-16)27(4,5)30)37-15-22(33)35-7-2;/h9-12,29H,6-8,13-15,30H2,1-5H3;1H. The van der Waals surface area contributed by atoms with Crippen LogP contribution in [0.1, 0.15) is 61.7 Å². The highest BCUT2D eigenvalue weighted by molar-refractivity contribution is 6.06. The highest BCUT2D eigenvalue weighted by Gasteiger charge is 2.33. The number of ketones is 1. The summed E-state index contributed by atoms with van der Waals surface area (Å²) in [5.41, 5.74) is 6.99. The van der Waals surface area contributed by atoms with E-state index in [1.807, 2.05) is 0 Å². The van der Waals surface area contributed by atoms with Crippen molar-refractivity contribution in [1.82, 2.24) is 4.90 Å². The molecular weight excluding hydrogens is 517 g/mol. The summed E-state index contributed by atoms with van der Waals surface area (Å²) in [6, 6.07) is 6.45. The number of benzene rings is 2. The van der Waals surface area contributed by atoms with Crippen LogP contribution in [0, 0.1) is 11.2 Å². The van der Waals surface area contributed by atoms with Crippen molar-refractivity contribution in [2.45, 2.75) is 46.7 Å². The summed E-state index contributed by atoms with van der Waals surface area (Å²) in [6.07, 6.45) is 0. The van der Waals surface area contributed by atoms with Crippen molar-refractivity contribution < 1.29 is 32.9 Å². The second-order valence-electron chi connectivity index (χ2n) is 9.07. The quantitative estimate of drug-likeness (QED) is 0.297. The molecule has 9 nitrogen and oxygen atoms in total. The summed E-state index contributed by atoms with van der Waals surface area (Å²) >= 11 is 0. The molecule has 3 N–H and O–H groups in total. The summed E-state index contributed by atoms with van der Waals surface area (Å²) in [4.78, 5) is 26.4. The molecule has 2 aromatic carbocycles. The topological polar surface area (TPSA) is 124 Å². The fourth-order valence-corrected chi connectivity index (χ4v) is 4.10. The zero-order chi connectivity index (χ0) is 27.3. The molecule has 0 atom stereocenters. The van der Waals surface area contributed by atoms with Crippen LogP contribution in [0.3, 0.4) is 0 Å². The van der Waals surface area contributed by atoms with Crippen LogP contribution in [-0.4, -0.2) is 55.5 Å². The van der Waals surface area contributed by atoms with Crippen LogP contribution < -0.4 is 19.9 Å². The van der Waals surface area contributed by atoms with Gasteiger partial charge in [0.1, 0.15) is 11.6 Å². The molecule has 0 amide bonds. The number of rotatable bonds is 12. The van der Waals surface area contributed by atoms with Crippen molar-refractivity contribution in [3.63, 3.8) is 0 Å². The maximum Gasteiger partial charge on any atom is 0.344 e. The minimum Gasteiger partial charge on any atom is -0.490 e. The molecule has 3 rings (SSSR count). The molecule has 0 bridgehead atoms. The van der Waals surface area contributed by atoms with Crippen LogP contribution in [-0.2, 0) is 21.6 Å². The fourth-order valence-electron chi connectivity index (χ4n) is 4.10. The second-order valence-corrected chi connectivity index (χ2v) is 9.07. The summed E-state index contributed by atoms with van der Waals surface area (Å²) in [6.45, 7) is 9.31. The Kier molecular flexibility index (Phi) is 10.5. The molecule has 0 radical (unpaired) electrons. The van der Waals surface area contributed by atoms with Crippen LogP contribution in [0.5, 0.6) is 17.2 Å². The Morgan fingerprint density at radius 2 is 1.74 bits per heavy atom. The van der Waals surface area contributed by atoms with Crippen LogP contribution in [0.2, 0.25) is 0 Å². The first-order valence-corrected chi connectivity index (χ1v) is 12.2. The van der Waals surface area contributed by atoms with Crippen molar-refractivity contribution in [3.8, 4) is 17.2 Å². The average molecular weight is 552 g/mol. The number of amidine groups is 1. The van der Waals surface area contributed by atoms with Crippen LogP contribution in [0.15, 0.2) is 24.3 Å². The number of hydrogen-bond acceptors (Lipinski definition) is 8. The van der Waals surface area contributed by atoms with Crippen molar-refractivity contribution >= 4 is 30.0 Å². The molecule has 0 saturated carbocycles. The predicted octanol–water partition coefficient (Wildman–Crippen LogP) is 4.20. The third kappa shape index (κ3) is 6.73. The lowest BCUT2D eigenvalue weighted by atomic mass is 9.92. The summed E-state index contributed by atoms with van der Waals surface area (Å²) < 4.78 is 36.8. The van der Waals surface area contributed by atoms with Crippen molar-refractivity contribution in [2.75, 3.05) is 33.0 Å². The Morgan fingerprint density at radius 1 is 1.05 bits per heavy atom. The van der Waals surface area contributed by atoms with Gasteiger partial charge in [-0.2, -0.15) is 0 Å². The normalized spacial score (nSPS) is 12.5. The number of nitrogens with one attached hydrogen (secondary N) is 1. The van der Waals surface area contributed by atoms with Crippen LogP contribution >= 0.6 is 12.4 Å². The van der Waals surface area contributed by atoms with E-state index in [1.165, 1.54) is 4.90 Å². The number of carbonyl (C=O) groups is 2. The number of ether oxygens (including phenoxy) is 4. The highest BCUT2D eigenvalue weighted by Crippen LogP contribution is 2.39. The minimum absolute atomic E-state index is 0. The van der Waals surface area contributed by atoms with E-state index in [9.17, 15) is 9.59 Å². The molecule has 1 aliphatic heterocycles. The molecule has 0 spiro atoms. The van der Waals surface area contributed by atoms with Gasteiger partial charge in [0.05, 0.1) is 31.9 Å². The molecule has 0 aliphatic carbocycles. The van der Waals surface area contributed by atoms with Gasteiger partial charge in [-0.25, -0.2) is 9.18 Å². The third-order valence-corrected chi connectivity index (χ3v) is 5.75. The van der Waals surface area contributed by atoms with E-state index in [4.69, 9.17) is 30.1 Å². The van der Waals surface area contributed by atoms with Crippen molar-refractivity contribution in [3.05, 3.63) is 52.3 Å². The molecule has 2 aromatic rings. The number of carbonyl (C=O) groups excluding carboxylic acids is 2. The van der Waals surface area contributed by atoms with Crippen LogP contribution in [0.25, 0.3) is 0 Å². The van der Waals surface area contributed by atoms with E-state index in [2.05, 4.69) is 0 Å². The Labute approximate surface area is 228 Å². The molecule has 208 valence electrons. The van der Waals surface area contributed by atoms with E-state index in [0.29, 0.717) is 29.0 Å². The first kappa shape index (κ1) is 30.9. The maximum absolute atomic E-state index is 15.3. The van der Waals surface area contributed by atoms with Gasteiger partial charge in [0.15, 0.2) is 29.7 Å². The zero-order valence-electron chi connectivity index (χ0n) is 22.3. The van der Waals surface area contributed by atoms with E-state index >= 15 is 4.39 Å². The molecule has 38 heavy (non-hydrogen) atoms.